The number of methoxy groups -OCH3 is 1. The number of alkyl halides is 1. The fourth-order valence-electron chi connectivity index (χ4n) is 2.98. The highest BCUT2D eigenvalue weighted by molar-refractivity contribution is 9.09. The Hall–Kier alpha value is -1.78. The number of aromatic nitrogens is 1. The van der Waals surface area contributed by atoms with E-state index in [-0.39, 0.29) is 5.91 Å². The molecule has 0 aliphatic rings. The summed E-state index contributed by atoms with van der Waals surface area (Å²) in [5.74, 6) is 0.731. The van der Waals surface area contributed by atoms with Crippen LogP contribution in [0.2, 0.25) is 5.02 Å². The van der Waals surface area contributed by atoms with Crippen LogP contribution in [-0.2, 0) is 6.42 Å². The highest BCUT2D eigenvalue weighted by Crippen LogP contribution is 2.31. The minimum atomic E-state index is -0.0554. The van der Waals surface area contributed by atoms with Gasteiger partial charge in [0.1, 0.15) is 5.75 Å². The van der Waals surface area contributed by atoms with E-state index < -0.39 is 0 Å². The molecule has 0 radical (unpaired) electrons. The van der Waals surface area contributed by atoms with Gasteiger partial charge in [0.2, 0.25) is 0 Å². The first-order chi connectivity index (χ1) is 11.6. The van der Waals surface area contributed by atoms with Crippen molar-refractivity contribution < 1.29 is 9.53 Å². The first-order valence-corrected chi connectivity index (χ1v) is 9.11. The van der Waals surface area contributed by atoms with Crippen LogP contribution in [0.1, 0.15) is 21.6 Å². The number of carbonyl (C=O) groups is 1. The summed E-state index contributed by atoms with van der Waals surface area (Å²) in [6, 6.07) is 12.8. The zero-order chi connectivity index (χ0) is 17.3. The summed E-state index contributed by atoms with van der Waals surface area (Å²) >= 11 is 9.43. The van der Waals surface area contributed by atoms with Crippen LogP contribution >= 0.6 is 27.5 Å². The molecule has 0 atom stereocenters. The summed E-state index contributed by atoms with van der Waals surface area (Å²) in [6.45, 7) is 1.98. The number of rotatable bonds is 4. The monoisotopic (exact) mass is 405 g/mol. The van der Waals surface area contributed by atoms with Crippen LogP contribution in [0.15, 0.2) is 42.5 Å². The Bertz CT molecular complexity index is 900. The van der Waals surface area contributed by atoms with Crippen molar-refractivity contribution >= 4 is 44.3 Å². The molecule has 3 rings (SSSR count). The average Bonchev–Trinajstić information content (AvgIpc) is 2.86. The lowest BCUT2D eigenvalue weighted by Crippen LogP contribution is -2.13. The lowest BCUT2D eigenvalue weighted by Gasteiger charge is -2.08. The zero-order valence-electron chi connectivity index (χ0n) is 13.5. The Morgan fingerprint density at radius 3 is 2.54 bits per heavy atom. The predicted molar refractivity (Wildman–Crippen MR) is 102 cm³/mol. The Balaban J connectivity index is 2.21. The van der Waals surface area contributed by atoms with Gasteiger partial charge in [-0.2, -0.15) is 0 Å². The fraction of sp³-hybridized carbons (Fsp3) is 0.211. The van der Waals surface area contributed by atoms with Crippen LogP contribution < -0.4 is 4.74 Å². The minimum Gasteiger partial charge on any atom is -0.497 e. The molecular weight excluding hydrogens is 390 g/mol. The van der Waals surface area contributed by atoms with Gasteiger partial charge in [0.05, 0.1) is 12.6 Å². The fourth-order valence-corrected chi connectivity index (χ4v) is 3.51. The number of benzene rings is 2. The molecule has 0 aliphatic carbocycles. The van der Waals surface area contributed by atoms with E-state index in [0.717, 1.165) is 39.7 Å². The molecule has 0 spiro atoms. The van der Waals surface area contributed by atoms with Crippen LogP contribution in [-0.4, -0.2) is 22.9 Å². The normalized spacial score (nSPS) is 11.0. The number of ether oxygens (including phenoxy) is 1. The smallest absolute Gasteiger partial charge is 0.262 e. The molecule has 0 aliphatic heterocycles. The standard InChI is InChI=1S/C19H17BrClNO2/c1-12-16(9-10-20)17-11-15(24-2)7-8-18(17)22(12)19(23)13-3-5-14(21)6-4-13/h3-8,11H,9-10H2,1-2H3. The van der Waals surface area contributed by atoms with Gasteiger partial charge >= 0.3 is 0 Å². The van der Waals surface area contributed by atoms with Gasteiger partial charge in [-0.05, 0) is 61.4 Å². The average molecular weight is 407 g/mol. The Kier molecular flexibility index (Phi) is 4.97. The summed E-state index contributed by atoms with van der Waals surface area (Å²) in [4.78, 5) is 13.0. The molecule has 0 saturated carbocycles. The molecule has 0 unspecified atom stereocenters. The van der Waals surface area contributed by atoms with E-state index in [1.807, 2.05) is 25.1 Å². The molecular formula is C19H17BrClNO2. The van der Waals surface area contributed by atoms with E-state index in [1.54, 1.807) is 35.9 Å². The third-order valence-corrected chi connectivity index (χ3v) is 4.83. The molecule has 24 heavy (non-hydrogen) atoms. The quantitative estimate of drug-likeness (QED) is 0.555. The molecule has 5 heteroatoms. The van der Waals surface area contributed by atoms with Crippen molar-refractivity contribution in [2.75, 3.05) is 12.4 Å². The van der Waals surface area contributed by atoms with Crippen molar-refractivity contribution in [2.24, 2.45) is 0 Å². The van der Waals surface area contributed by atoms with Gasteiger partial charge in [-0.15, -0.1) is 0 Å². The van der Waals surface area contributed by atoms with Crippen molar-refractivity contribution in [1.82, 2.24) is 4.57 Å². The van der Waals surface area contributed by atoms with Crippen molar-refractivity contribution in [3.05, 3.63) is 64.3 Å². The van der Waals surface area contributed by atoms with Gasteiger partial charge in [0.15, 0.2) is 0 Å². The molecule has 124 valence electrons. The second-order valence-corrected chi connectivity index (χ2v) is 6.76. The van der Waals surface area contributed by atoms with Gasteiger partial charge < -0.3 is 4.74 Å². The van der Waals surface area contributed by atoms with Crippen LogP contribution in [0, 0.1) is 6.92 Å². The number of fused-ring (bicyclic) bond motifs is 1. The lowest BCUT2D eigenvalue weighted by atomic mass is 10.1. The molecule has 1 heterocycles. The van der Waals surface area contributed by atoms with Gasteiger partial charge in [-0.1, -0.05) is 27.5 Å². The molecule has 0 saturated heterocycles. The van der Waals surface area contributed by atoms with Crippen molar-refractivity contribution in [3.63, 3.8) is 0 Å². The van der Waals surface area contributed by atoms with Crippen molar-refractivity contribution in [3.8, 4) is 5.75 Å². The molecule has 0 bridgehead atoms. The summed E-state index contributed by atoms with van der Waals surface area (Å²) < 4.78 is 7.12. The molecule has 0 N–H and O–H groups in total. The minimum absolute atomic E-state index is 0.0554. The van der Waals surface area contributed by atoms with Crippen LogP contribution in [0.25, 0.3) is 10.9 Å². The molecule has 0 fully saturated rings. The summed E-state index contributed by atoms with van der Waals surface area (Å²) in [6.07, 6.45) is 0.844. The molecule has 0 amide bonds. The number of hydrogen-bond donors (Lipinski definition) is 0. The van der Waals surface area contributed by atoms with Gasteiger partial charge in [-0.3, -0.25) is 9.36 Å². The first-order valence-electron chi connectivity index (χ1n) is 7.61. The highest BCUT2D eigenvalue weighted by Gasteiger charge is 2.20. The van der Waals surface area contributed by atoms with Crippen molar-refractivity contribution in [2.45, 2.75) is 13.3 Å². The van der Waals surface area contributed by atoms with E-state index in [9.17, 15) is 4.79 Å². The van der Waals surface area contributed by atoms with Gasteiger partial charge in [0.25, 0.3) is 5.91 Å². The number of aryl methyl sites for hydroxylation is 1. The van der Waals surface area contributed by atoms with E-state index in [4.69, 9.17) is 16.3 Å². The Morgan fingerprint density at radius 2 is 1.92 bits per heavy atom. The third-order valence-electron chi connectivity index (χ3n) is 4.18. The van der Waals surface area contributed by atoms with Crippen LogP contribution in [0.4, 0.5) is 0 Å². The number of carbonyl (C=O) groups excluding carboxylic acids is 1. The second-order valence-electron chi connectivity index (χ2n) is 5.53. The van der Waals surface area contributed by atoms with Crippen molar-refractivity contribution in [1.29, 1.82) is 0 Å². The lowest BCUT2D eigenvalue weighted by molar-refractivity contribution is 0.0963. The van der Waals surface area contributed by atoms with E-state index in [2.05, 4.69) is 15.9 Å². The van der Waals surface area contributed by atoms with Crippen LogP contribution in [0.3, 0.4) is 0 Å². The maximum absolute atomic E-state index is 13.0. The molecule has 3 aromatic rings. The summed E-state index contributed by atoms with van der Waals surface area (Å²) in [5, 5.41) is 2.50. The maximum atomic E-state index is 13.0. The Labute approximate surface area is 154 Å². The van der Waals surface area contributed by atoms with Crippen LogP contribution in [0.5, 0.6) is 5.75 Å². The summed E-state index contributed by atoms with van der Waals surface area (Å²) in [5.41, 5.74) is 3.62. The maximum Gasteiger partial charge on any atom is 0.262 e. The highest BCUT2D eigenvalue weighted by atomic mass is 79.9. The van der Waals surface area contributed by atoms with E-state index in [1.165, 1.54) is 0 Å². The van der Waals surface area contributed by atoms with Gasteiger partial charge in [-0.25, -0.2) is 0 Å². The largest absolute Gasteiger partial charge is 0.497 e. The molecule has 2 aromatic carbocycles. The number of hydrogen-bond acceptors (Lipinski definition) is 2. The third kappa shape index (κ3) is 2.96. The first kappa shape index (κ1) is 17.1. The van der Waals surface area contributed by atoms with E-state index in [0.29, 0.717) is 10.6 Å². The second kappa shape index (κ2) is 6.99. The Morgan fingerprint density at radius 1 is 1.21 bits per heavy atom. The SMILES string of the molecule is COc1ccc2c(c1)c(CCBr)c(C)n2C(=O)c1ccc(Cl)cc1. The molecule has 3 nitrogen and oxygen atoms in total. The topological polar surface area (TPSA) is 31.2 Å². The summed E-state index contributed by atoms with van der Waals surface area (Å²) in [7, 11) is 1.65. The number of nitrogens with zero attached hydrogens (tertiary/aromatic N) is 1. The molecule has 1 aromatic heterocycles. The van der Waals surface area contributed by atoms with E-state index >= 15 is 0 Å². The van der Waals surface area contributed by atoms with Gasteiger partial charge in [0, 0.05) is 27.0 Å². The predicted octanol–water partition coefficient (Wildman–Crippen LogP) is 5.24. The number of halogens is 2. The zero-order valence-corrected chi connectivity index (χ0v) is 15.8.